The predicted octanol–water partition coefficient (Wildman–Crippen LogP) is 1.94. The lowest BCUT2D eigenvalue weighted by atomic mass is 9.92. The fourth-order valence-electron chi connectivity index (χ4n) is 1.89. The Kier molecular flexibility index (Phi) is 7.44. The second-order valence-corrected chi connectivity index (χ2v) is 5.49. The molecular formula is C11H23ClN2OS. The number of rotatable bonds is 5. The van der Waals surface area contributed by atoms with Crippen molar-refractivity contribution in [3.8, 4) is 0 Å². The van der Waals surface area contributed by atoms with Crippen LogP contribution in [-0.4, -0.2) is 29.0 Å². The van der Waals surface area contributed by atoms with Crippen LogP contribution in [0, 0.1) is 0 Å². The second-order valence-electron chi connectivity index (χ2n) is 4.18. The maximum absolute atomic E-state index is 12.0. The standard InChI is InChI=1S/C11H22N2OS.ClH/c1-3-11(4-2,8-12)13-10(14)9-6-5-7-15-9;/h9H,3-8,12H2,1-2H3,(H,13,14);1H. The van der Waals surface area contributed by atoms with Crippen molar-refractivity contribution in [2.24, 2.45) is 5.73 Å². The third-order valence-electron chi connectivity index (χ3n) is 3.35. The second kappa shape index (κ2) is 7.41. The van der Waals surface area contributed by atoms with Crippen molar-refractivity contribution < 1.29 is 4.79 Å². The summed E-state index contributed by atoms with van der Waals surface area (Å²) >= 11 is 1.77. The number of thioether (sulfide) groups is 1. The number of amides is 1. The molecule has 1 atom stereocenters. The molecule has 1 amide bonds. The molecule has 5 heteroatoms. The smallest absolute Gasteiger partial charge is 0.233 e. The molecule has 0 aliphatic carbocycles. The van der Waals surface area contributed by atoms with Crippen molar-refractivity contribution in [3.63, 3.8) is 0 Å². The average Bonchev–Trinajstić information content (AvgIpc) is 2.79. The zero-order chi connectivity index (χ0) is 11.3. The van der Waals surface area contributed by atoms with E-state index in [2.05, 4.69) is 19.2 Å². The molecule has 0 radical (unpaired) electrons. The van der Waals surface area contributed by atoms with E-state index in [1.165, 1.54) is 0 Å². The van der Waals surface area contributed by atoms with Crippen LogP contribution in [-0.2, 0) is 4.79 Å². The Morgan fingerprint density at radius 3 is 2.50 bits per heavy atom. The topological polar surface area (TPSA) is 55.1 Å². The van der Waals surface area contributed by atoms with E-state index in [0.717, 1.165) is 31.4 Å². The molecule has 96 valence electrons. The van der Waals surface area contributed by atoms with Gasteiger partial charge in [-0.1, -0.05) is 13.8 Å². The summed E-state index contributed by atoms with van der Waals surface area (Å²) in [5, 5.41) is 3.30. The highest BCUT2D eigenvalue weighted by Gasteiger charge is 2.31. The molecule has 3 nitrogen and oxygen atoms in total. The van der Waals surface area contributed by atoms with Crippen LogP contribution in [0.5, 0.6) is 0 Å². The van der Waals surface area contributed by atoms with Gasteiger partial charge in [-0.3, -0.25) is 4.79 Å². The maximum atomic E-state index is 12.0. The number of hydrogen-bond acceptors (Lipinski definition) is 3. The van der Waals surface area contributed by atoms with E-state index in [9.17, 15) is 4.79 Å². The molecule has 1 saturated heterocycles. The third kappa shape index (κ3) is 3.82. The molecule has 1 rings (SSSR count). The lowest BCUT2D eigenvalue weighted by Gasteiger charge is -2.32. The lowest BCUT2D eigenvalue weighted by molar-refractivity contribution is -0.122. The fourth-order valence-corrected chi connectivity index (χ4v) is 3.05. The first-order valence-electron chi connectivity index (χ1n) is 5.81. The van der Waals surface area contributed by atoms with Crippen molar-refractivity contribution in [2.75, 3.05) is 12.3 Å². The molecule has 0 aromatic carbocycles. The zero-order valence-corrected chi connectivity index (χ0v) is 11.8. The first kappa shape index (κ1) is 16.1. The summed E-state index contributed by atoms with van der Waals surface area (Å²) < 4.78 is 0. The minimum atomic E-state index is -0.180. The molecule has 0 saturated carbocycles. The van der Waals surface area contributed by atoms with Crippen molar-refractivity contribution in [3.05, 3.63) is 0 Å². The highest BCUT2D eigenvalue weighted by atomic mass is 35.5. The number of carbonyl (C=O) groups excluding carboxylic acids is 1. The van der Waals surface area contributed by atoms with Gasteiger partial charge in [-0.25, -0.2) is 0 Å². The minimum Gasteiger partial charge on any atom is -0.348 e. The maximum Gasteiger partial charge on any atom is 0.233 e. The molecule has 1 aliphatic heterocycles. The van der Waals surface area contributed by atoms with Gasteiger partial charge in [-0.2, -0.15) is 0 Å². The number of carbonyl (C=O) groups is 1. The molecule has 1 unspecified atom stereocenters. The Hall–Kier alpha value is 0.0700. The summed E-state index contributed by atoms with van der Waals surface area (Å²) in [7, 11) is 0. The van der Waals surface area contributed by atoms with Gasteiger partial charge in [0, 0.05) is 6.54 Å². The Morgan fingerprint density at radius 2 is 2.12 bits per heavy atom. The highest BCUT2D eigenvalue weighted by Crippen LogP contribution is 2.27. The Labute approximate surface area is 109 Å². The number of nitrogens with one attached hydrogen (secondary N) is 1. The monoisotopic (exact) mass is 266 g/mol. The highest BCUT2D eigenvalue weighted by molar-refractivity contribution is 8.00. The molecule has 0 spiro atoms. The fraction of sp³-hybridized carbons (Fsp3) is 0.909. The Bertz CT molecular complexity index is 208. The van der Waals surface area contributed by atoms with Gasteiger partial charge < -0.3 is 11.1 Å². The van der Waals surface area contributed by atoms with E-state index >= 15 is 0 Å². The molecule has 1 heterocycles. The van der Waals surface area contributed by atoms with Crippen LogP contribution in [0.15, 0.2) is 0 Å². The normalized spacial score (nSPS) is 20.3. The van der Waals surface area contributed by atoms with Gasteiger partial charge in [0.15, 0.2) is 0 Å². The van der Waals surface area contributed by atoms with E-state index in [1.54, 1.807) is 11.8 Å². The molecule has 0 bridgehead atoms. The van der Waals surface area contributed by atoms with E-state index in [0.29, 0.717) is 6.54 Å². The molecule has 0 aromatic rings. The van der Waals surface area contributed by atoms with Crippen molar-refractivity contribution in [2.45, 2.75) is 50.3 Å². The minimum absolute atomic E-state index is 0. The van der Waals surface area contributed by atoms with Crippen LogP contribution >= 0.6 is 24.2 Å². The van der Waals surface area contributed by atoms with E-state index in [1.807, 2.05) is 0 Å². The van der Waals surface area contributed by atoms with Crippen LogP contribution < -0.4 is 11.1 Å². The summed E-state index contributed by atoms with van der Waals surface area (Å²) in [4.78, 5) is 12.0. The van der Waals surface area contributed by atoms with Crippen LogP contribution in [0.1, 0.15) is 39.5 Å². The molecule has 1 aliphatic rings. The predicted molar refractivity (Wildman–Crippen MR) is 73.2 cm³/mol. The molecule has 0 aromatic heterocycles. The SMILES string of the molecule is CCC(CC)(CN)NC(=O)C1CCCS1.Cl. The van der Waals surface area contributed by atoms with Gasteiger partial charge in [0.1, 0.15) is 0 Å². The number of halogens is 1. The number of nitrogens with two attached hydrogens (primary N) is 1. The van der Waals surface area contributed by atoms with Crippen LogP contribution in [0.2, 0.25) is 0 Å². The molecule has 3 N–H and O–H groups in total. The van der Waals surface area contributed by atoms with Crippen molar-refractivity contribution >= 4 is 30.1 Å². The van der Waals surface area contributed by atoms with E-state index in [4.69, 9.17) is 5.73 Å². The summed E-state index contributed by atoms with van der Waals surface area (Å²) in [6, 6.07) is 0. The molecule has 1 fully saturated rings. The third-order valence-corrected chi connectivity index (χ3v) is 4.73. The first-order chi connectivity index (χ1) is 7.17. The van der Waals surface area contributed by atoms with Gasteiger partial charge in [-0.15, -0.1) is 24.2 Å². The summed E-state index contributed by atoms with van der Waals surface area (Å²) in [5.41, 5.74) is 5.57. The average molecular weight is 267 g/mol. The van der Waals surface area contributed by atoms with Crippen molar-refractivity contribution in [1.29, 1.82) is 0 Å². The van der Waals surface area contributed by atoms with E-state index in [-0.39, 0.29) is 29.1 Å². The molecular weight excluding hydrogens is 244 g/mol. The van der Waals surface area contributed by atoms with Gasteiger partial charge in [0.05, 0.1) is 10.8 Å². The summed E-state index contributed by atoms with van der Waals surface area (Å²) in [5.74, 6) is 1.30. The summed E-state index contributed by atoms with van der Waals surface area (Å²) in [6.45, 7) is 4.69. The van der Waals surface area contributed by atoms with Gasteiger partial charge in [0.2, 0.25) is 5.91 Å². The Morgan fingerprint density at radius 1 is 1.50 bits per heavy atom. The zero-order valence-electron chi connectivity index (χ0n) is 10.1. The van der Waals surface area contributed by atoms with Gasteiger partial charge >= 0.3 is 0 Å². The molecule has 16 heavy (non-hydrogen) atoms. The van der Waals surface area contributed by atoms with E-state index < -0.39 is 0 Å². The summed E-state index contributed by atoms with van der Waals surface area (Å²) in [6.07, 6.45) is 3.99. The van der Waals surface area contributed by atoms with Crippen LogP contribution in [0.3, 0.4) is 0 Å². The quantitative estimate of drug-likeness (QED) is 0.800. The van der Waals surface area contributed by atoms with Crippen LogP contribution in [0.4, 0.5) is 0 Å². The number of hydrogen-bond donors (Lipinski definition) is 2. The first-order valence-corrected chi connectivity index (χ1v) is 6.86. The Balaban J connectivity index is 0.00000225. The van der Waals surface area contributed by atoms with Crippen molar-refractivity contribution in [1.82, 2.24) is 5.32 Å². The van der Waals surface area contributed by atoms with Gasteiger partial charge in [-0.05, 0) is 31.4 Å². The lowest BCUT2D eigenvalue weighted by Crippen LogP contribution is -2.54. The van der Waals surface area contributed by atoms with Crippen LogP contribution in [0.25, 0.3) is 0 Å². The van der Waals surface area contributed by atoms with Gasteiger partial charge in [0.25, 0.3) is 0 Å². The largest absolute Gasteiger partial charge is 0.348 e.